The molecule has 1 saturated carbocycles. The third kappa shape index (κ3) is 5.70. The molecule has 21 heavy (non-hydrogen) atoms. The second-order valence-electron chi connectivity index (χ2n) is 7.58. The van der Waals surface area contributed by atoms with E-state index >= 15 is 0 Å². The van der Waals surface area contributed by atoms with Crippen molar-refractivity contribution in [1.82, 2.24) is 5.32 Å². The molecule has 2 nitrogen and oxygen atoms in total. The average molecular weight is 289 g/mol. The Morgan fingerprint density at radius 3 is 2.38 bits per heavy atom. The Morgan fingerprint density at radius 2 is 1.76 bits per heavy atom. The van der Waals surface area contributed by atoms with Gasteiger partial charge in [0.25, 0.3) is 0 Å². The fourth-order valence-corrected chi connectivity index (χ4v) is 3.25. The molecule has 0 aliphatic heterocycles. The van der Waals surface area contributed by atoms with Crippen LogP contribution in [0.1, 0.15) is 59.3 Å². The van der Waals surface area contributed by atoms with E-state index in [0.29, 0.717) is 5.41 Å². The van der Waals surface area contributed by atoms with Gasteiger partial charge in [0.05, 0.1) is 6.61 Å². The molecule has 0 amide bonds. The summed E-state index contributed by atoms with van der Waals surface area (Å²) in [5.41, 5.74) is 0.726. The summed E-state index contributed by atoms with van der Waals surface area (Å²) < 4.78 is 5.84. The molecule has 1 N–H and O–H groups in total. The lowest BCUT2D eigenvalue weighted by molar-refractivity contribution is 0.202. The number of hydrogen-bond acceptors (Lipinski definition) is 2. The first-order chi connectivity index (χ1) is 9.99. The molecule has 2 rings (SSSR count). The smallest absolute Gasteiger partial charge is 0.119 e. The van der Waals surface area contributed by atoms with Crippen LogP contribution < -0.4 is 10.1 Å². The first-order valence-corrected chi connectivity index (χ1v) is 8.42. The fraction of sp³-hybridized carbons (Fsp3) is 0.684. The molecule has 0 atom stereocenters. The highest BCUT2D eigenvalue weighted by Gasteiger charge is 2.33. The summed E-state index contributed by atoms with van der Waals surface area (Å²) in [6.45, 7) is 8.76. The fourth-order valence-electron chi connectivity index (χ4n) is 3.25. The number of para-hydroxylation sites is 1. The molecule has 1 aliphatic rings. The van der Waals surface area contributed by atoms with Gasteiger partial charge in [0.2, 0.25) is 0 Å². The van der Waals surface area contributed by atoms with Crippen molar-refractivity contribution in [2.75, 3.05) is 13.2 Å². The van der Waals surface area contributed by atoms with E-state index in [1.54, 1.807) is 0 Å². The minimum Gasteiger partial charge on any atom is -0.494 e. The number of hydrogen-bond donors (Lipinski definition) is 1. The Balaban J connectivity index is 1.75. The molecule has 118 valence electrons. The Bertz CT molecular complexity index is 401. The van der Waals surface area contributed by atoms with E-state index in [1.165, 1.54) is 32.1 Å². The van der Waals surface area contributed by atoms with E-state index in [9.17, 15) is 0 Å². The van der Waals surface area contributed by atoms with Crippen LogP contribution in [0.25, 0.3) is 0 Å². The summed E-state index contributed by atoms with van der Waals surface area (Å²) in [6, 6.07) is 10.2. The van der Waals surface area contributed by atoms with Crippen LogP contribution in [0.4, 0.5) is 0 Å². The molecular weight excluding hydrogens is 258 g/mol. The Hall–Kier alpha value is -1.02. The van der Waals surface area contributed by atoms with Crippen LogP contribution in [-0.4, -0.2) is 18.7 Å². The predicted octanol–water partition coefficient (Wildman–Crippen LogP) is 4.79. The Labute approximate surface area is 130 Å². The maximum absolute atomic E-state index is 5.84. The molecule has 0 bridgehead atoms. The van der Waals surface area contributed by atoms with Gasteiger partial charge in [0.15, 0.2) is 0 Å². The Morgan fingerprint density at radius 1 is 1.10 bits per heavy atom. The summed E-state index contributed by atoms with van der Waals surface area (Å²) in [6.07, 6.45) is 7.98. The van der Waals surface area contributed by atoms with Crippen molar-refractivity contribution >= 4 is 0 Å². The lowest BCUT2D eigenvalue weighted by Gasteiger charge is -2.33. The number of rotatable bonds is 7. The topological polar surface area (TPSA) is 21.3 Å². The molecular formula is C19H31NO. The van der Waals surface area contributed by atoms with Crippen molar-refractivity contribution in [2.24, 2.45) is 5.41 Å². The highest BCUT2D eigenvalue weighted by Crippen LogP contribution is 2.41. The molecule has 0 saturated heterocycles. The molecule has 1 fully saturated rings. The van der Waals surface area contributed by atoms with E-state index in [0.717, 1.165) is 25.3 Å². The molecule has 0 aromatic heterocycles. The van der Waals surface area contributed by atoms with Crippen molar-refractivity contribution in [3.63, 3.8) is 0 Å². The number of benzene rings is 1. The van der Waals surface area contributed by atoms with Crippen molar-refractivity contribution in [3.8, 4) is 5.75 Å². The molecule has 0 radical (unpaired) electrons. The largest absolute Gasteiger partial charge is 0.494 e. The zero-order valence-electron chi connectivity index (χ0n) is 14.0. The predicted molar refractivity (Wildman–Crippen MR) is 89.8 cm³/mol. The highest BCUT2D eigenvalue weighted by molar-refractivity contribution is 5.20. The SMILES string of the molecule is CC(C)(C)NCC1(CCCOc2ccccc2)CCCC1. The average Bonchev–Trinajstić information content (AvgIpc) is 2.92. The summed E-state index contributed by atoms with van der Waals surface area (Å²) in [5.74, 6) is 0.991. The van der Waals surface area contributed by atoms with E-state index in [4.69, 9.17) is 4.74 Å². The van der Waals surface area contributed by atoms with Crippen LogP contribution in [0.3, 0.4) is 0 Å². The lowest BCUT2D eigenvalue weighted by Crippen LogP contribution is -2.43. The van der Waals surface area contributed by atoms with Gasteiger partial charge in [-0.2, -0.15) is 0 Å². The Kier molecular flexibility index (Phi) is 5.69. The van der Waals surface area contributed by atoms with Crippen LogP contribution in [0, 0.1) is 5.41 Å². The standard InChI is InChI=1S/C19H31NO/c1-18(2,3)20-16-19(12-7-8-13-19)14-9-15-21-17-10-5-4-6-11-17/h4-6,10-11,20H,7-9,12-16H2,1-3H3. The van der Waals surface area contributed by atoms with Gasteiger partial charge in [-0.25, -0.2) is 0 Å². The van der Waals surface area contributed by atoms with E-state index in [-0.39, 0.29) is 5.54 Å². The van der Waals surface area contributed by atoms with Crippen molar-refractivity contribution < 1.29 is 4.74 Å². The van der Waals surface area contributed by atoms with Crippen molar-refractivity contribution in [1.29, 1.82) is 0 Å². The van der Waals surface area contributed by atoms with E-state index < -0.39 is 0 Å². The van der Waals surface area contributed by atoms with Crippen LogP contribution in [0.5, 0.6) is 5.75 Å². The number of nitrogens with one attached hydrogen (secondary N) is 1. The van der Waals surface area contributed by atoms with Gasteiger partial charge in [-0.15, -0.1) is 0 Å². The van der Waals surface area contributed by atoms with E-state index in [2.05, 4.69) is 26.1 Å². The van der Waals surface area contributed by atoms with Gasteiger partial charge in [-0.3, -0.25) is 0 Å². The first kappa shape index (κ1) is 16.4. The van der Waals surface area contributed by atoms with Gasteiger partial charge in [0, 0.05) is 12.1 Å². The van der Waals surface area contributed by atoms with Gasteiger partial charge in [-0.1, -0.05) is 31.0 Å². The highest BCUT2D eigenvalue weighted by atomic mass is 16.5. The second-order valence-corrected chi connectivity index (χ2v) is 7.58. The summed E-state index contributed by atoms with van der Waals surface area (Å²) in [5, 5.41) is 3.72. The van der Waals surface area contributed by atoms with Gasteiger partial charge >= 0.3 is 0 Å². The van der Waals surface area contributed by atoms with Crippen LogP contribution in [0.15, 0.2) is 30.3 Å². The van der Waals surface area contributed by atoms with Gasteiger partial charge in [0.1, 0.15) is 5.75 Å². The van der Waals surface area contributed by atoms with Crippen LogP contribution >= 0.6 is 0 Å². The minimum atomic E-state index is 0.218. The first-order valence-electron chi connectivity index (χ1n) is 8.42. The summed E-state index contributed by atoms with van der Waals surface area (Å²) >= 11 is 0. The minimum absolute atomic E-state index is 0.218. The maximum Gasteiger partial charge on any atom is 0.119 e. The molecule has 2 heteroatoms. The molecule has 0 heterocycles. The number of ether oxygens (including phenoxy) is 1. The molecule has 1 aromatic carbocycles. The van der Waals surface area contributed by atoms with Gasteiger partial charge in [-0.05, 0) is 64.0 Å². The third-order valence-electron chi connectivity index (χ3n) is 4.52. The zero-order chi connectivity index (χ0) is 15.2. The second kappa shape index (κ2) is 7.31. The molecule has 0 spiro atoms. The van der Waals surface area contributed by atoms with Crippen LogP contribution in [0.2, 0.25) is 0 Å². The zero-order valence-corrected chi connectivity index (χ0v) is 14.0. The quantitative estimate of drug-likeness (QED) is 0.728. The third-order valence-corrected chi connectivity index (χ3v) is 4.52. The van der Waals surface area contributed by atoms with Gasteiger partial charge < -0.3 is 10.1 Å². The molecule has 1 aliphatic carbocycles. The maximum atomic E-state index is 5.84. The molecule has 0 unspecified atom stereocenters. The summed E-state index contributed by atoms with van der Waals surface area (Å²) in [7, 11) is 0. The van der Waals surface area contributed by atoms with Crippen molar-refractivity contribution in [3.05, 3.63) is 30.3 Å². The lowest BCUT2D eigenvalue weighted by atomic mass is 9.81. The summed E-state index contributed by atoms with van der Waals surface area (Å²) in [4.78, 5) is 0. The van der Waals surface area contributed by atoms with E-state index in [1.807, 2.05) is 30.3 Å². The molecule has 1 aromatic rings. The van der Waals surface area contributed by atoms with Crippen LogP contribution in [-0.2, 0) is 0 Å². The van der Waals surface area contributed by atoms with Crippen molar-refractivity contribution in [2.45, 2.75) is 64.8 Å². The monoisotopic (exact) mass is 289 g/mol. The normalized spacial score (nSPS) is 17.9.